The maximum atomic E-state index is 13.3. The summed E-state index contributed by atoms with van der Waals surface area (Å²) in [5, 5.41) is 12.3. The van der Waals surface area contributed by atoms with E-state index in [-0.39, 0.29) is 12.3 Å². The molecule has 0 saturated carbocycles. The van der Waals surface area contributed by atoms with Crippen LogP contribution in [-0.4, -0.2) is 23.6 Å². The molecule has 0 heterocycles. The predicted octanol–water partition coefficient (Wildman–Crippen LogP) is 6.47. The Balaban J connectivity index is 1.52. The first-order valence-electron chi connectivity index (χ1n) is 11.9. The van der Waals surface area contributed by atoms with Crippen molar-refractivity contribution in [2.75, 3.05) is 11.9 Å². The van der Waals surface area contributed by atoms with Crippen LogP contribution in [0.5, 0.6) is 5.75 Å². The second-order valence-corrected chi connectivity index (χ2v) is 8.83. The van der Waals surface area contributed by atoms with Gasteiger partial charge in [0.25, 0.3) is 5.91 Å². The fourth-order valence-corrected chi connectivity index (χ4v) is 4.33. The van der Waals surface area contributed by atoms with Gasteiger partial charge in [-0.25, -0.2) is 0 Å². The van der Waals surface area contributed by atoms with E-state index in [4.69, 9.17) is 4.74 Å². The molecule has 0 radical (unpaired) electrons. The number of hydrogen-bond donors (Lipinski definition) is 2. The number of anilines is 1. The minimum absolute atomic E-state index is 0.128. The van der Waals surface area contributed by atoms with E-state index in [1.54, 1.807) is 6.07 Å². The van der Waals surface area contributed by atoms with Crippen LogP contribution in [0.25, 0.3) is 11.1 Å². The van der Waals surface area contributed by atoms with Gasteiger partial charge in [-0.1, -0.05) is 66.7 Å². The van der Waals surface area contributed by atoms with Crippen molar-refractivity contribution in [3.63, 3.8) is 0 Å². The fraction of sp³-hybridized carbons (Fsp3) is 0.161. The summed E-state index contributed by atoms with van der Waals surface area (Å²) in [4.78, 5) is 24.6. The van der Waals surface area contributed by atoms with Crippen molar-refractivity contribution in [1.82, 2.24) is 0 Å². The lowest BCUT2D eigenvalue weighted by Gasteiger charge is -2.15. The van der Waals surface area contributed by atoms with Gasteiger partial charge in [-0.2, -0.15) is 0 Å². The Labute approximate surface area is 211 Å². The van der Waals surface area contributed by atoms with Gasteiger partial charge in [-0.05, 0) is 71.5 Å². The van der Waals surface area contributed by atoms with Crippen molar-refractivity contribution in [1.29, 1.82) is 0 Å². The molecule has 0 aliphatic carbocycles. The van der Waals surface area contributed by atoms with E-state index >= 15 is 0 Å². The molecule has 2 N–H and O–H groups in total. The molecule has 36 heavy (non-hydrogen) atoms. The van der Waals surface area contributed by atoms with Gasteiger partial charge in [0.05, 0.1) is 13.0 Å². The monoisotopic (exact) mass is 479 g/mol. The van der Waals surface area contributed by atoms with E-state index in [9.17, 15) is 14.7 Å². The average molecular weight is 480 g/mol. The summed E-state index contributed by atoms with van der Waals surface area (Å²) in [5.74, 6) is -0.438. The van der Waals surface area contributed by atoms with Gasteiger partial charge in [0.1, 0.15) is 5.75 Å². The normalized spacial score (nSPS) is 10.6. The fourth-order valence-electron chi connectivity index (χ4n) is 4.33. The molecule has 0 atom stereocenters. The summed E-state index contributed by atoms with van der Waals surface area (Å²) in [6.45, 7) is 4.33. The lowest BCUT2D eigenvalue weighted by Crippen LogP contribution is -2.16. The smallest absolute Gasteiger partial charge is 0.307 e. The first-order chi connectivity index (χ1) is 17.4. The zero-order chi connectivity index (χ0) is 25.5. The third-order valence-electron chi connectivity index (χ3n) is 5.95. The third-order valence-corrected chi connectivity index (χ3v) is 5.95. The highest BCUT2D eigenvalue weighted by Gasteiger charge is 2.16. The average Bonchev–Trinajstić information content (AvgIpc) is 2.84. The van der Waals surface area contributed by atoms with Crippen LogP contribution in [0.15, 0.2) is 91.0 Å². The van der Waals surface area contributed by atoms with E-state index in [2.05, 4.69) is 17.4 Å². The van der Waals surface area contributed by atoms with Gasteiger partial charge in [-0.15, -0.1) is 0 Å². The summed E-state index contributed by atoms with van der Waals surface area (Å²) >= 11 is 0. The molecule has 4 rings (SSSR count). The van der Waals surface area contributed by atoms with Crippen LogP contribution in [0.4, 0.5) is 5.69 Å². The van der Waals surface area contributed by atoms with Crippen LogP contribution in [0.2, 0.25) is 0 Å². The van der Waals surface area contributed by atoms with Gasteiger partial charge in [0, 0.05) is 17.7 Å². The molecule has 0 aliphatic rings. The highest BCUT2D eigenvalue weighted by atomic mass is 16.5. The van der Waals surface area contributed by atoms with E-state index in [1.807, 2.05) is 86.6 Å². The molecule has 4 aromatic rings. The van der Waals surface area contributed by atoms with Crippen molar-refractivity contribution in [2.45, 2.75) is 26.7 Å². The van der Waals surface area contributed by atoms with Crippen LogP contribution in [0.1, 0.15) is 32.6 Å². The molecule has 0 fully saturated rings. The maximum absolute atomic E-state index is 13.3. The Bertz CT molecular complexity index is 1340. The van der Waals surface area contributed by atoms with Crippen molar-refractivity contribution >= 4 is 17.6 Å². The van der Waals surface area contributed by atoms with Gasteiger partial charge >= 0.3 is 5.97 Å². The van der Waals surface area contributed by atoms with E-state index < -0.39 is 5.97 Å². The maximum Gasteiger partial charge on any atom is 0.307 e. The van der Waals surface area contributed by atoms with Crippen LogP contribution < -0.4 is 10.1 Å². The SMILES string of the molecule is Cc1cc(OCCc2ccccc2)cc(C)c1C(=O)Nc1cc(CC(=O)O)cc(-c2ccccc2)c1. The Hall–Kier alpha value is -4.38. The van der Waals surface area contributed by atoms with Gasteiger partial charge in [0.15, 0.2) is 0 Å². The Kier molecular flexibility index (Phi) is 7.81. The number of hydrogen-bond acceptors (Lipinski definition) is 3. The highest BCUT2D eigenvalue weighted by Crippen LogP contribution is 2.27. The summed E-state index contributed by atoms with van der Waals surface area (Å²) in [7, 11) is 0. The molecule has 0 saturated heterocycles. The number of aliphatic carboxylic acids is 1. The molecule has 5 nitrogen and oxygen atoms in total. The minimum atomic E-state index is -0.924. The number of carboxylic acid groups (broad SMARTS) is 1. The number of carbonyl (C=O) groups excluding carboxylic acids is 1. The molecule has 0 bridgehead atoms. The van der Waals surface area contributed by atoms with Crippen molar-refractivity contribution in [3.05, 3.63) is 119 Å². The molecular formula is C31H29NO4. The van der Waals surface area contributed by atoms with Crippen molar-refractivity contribution < 1.29 is 19.4 Å². The quantitative estimate of drug-likeness (QED) is 0.288. The van der Waals surface area contributed by atoms with Crippen LogP contribution in [0.3, 0.4) is 0 Å². The molecule has 5 heteroatoms. The predicted molar refractivity (Wildman–Crippen MR) is 143 cm³/mol. The zero-order valence-corrected chi connectivity index (χ0v) is 20.5. The Morgan fingerprint density at radius 1 is 0.778 bits per heavy atom. The number of carbonyl (C=O) groups is 2. The number of nitrogens with one attached hydrogen (secondary N) is 1. The van der Waals surface area contributed by atoms with Gasteiger partial charge < -0.3 is 15.2 Å². The van der Waals surface area contributed by atoms with Crippen LogP contribution >= 0.6 is 0 Å². The second-order valence-electron chi connectivity index (χ2n) is 8.83. The Morgan fingerprint density at radius 3 is 2.06 bits per heavy atom. The van der Waals surface area contributed by atoms with E-state index in [0.717, 1.165) is 34.4 Å². The lowest BCUT2D eigenvalue weighted by molar-refractivity contribution is -0.136. The number of amides is 1. The first-order valence-corrected chi connectivity index (χ1v) is 11.9. The topological polar surface area (TPSA) is 75.6 Å². The number of benzene rings is 4. The zero-order valence-electron chi connectivity index (χ0n) is 20.5. The molecule has 0 unspecified atom stereocenters. The minimum Gasteiger partial charge on any atom is -0.493 e. The van der Waals surface area contributed by atoms with E-state index in [0.29, 0.717) is 23.4 Å². The molecular weight excluding hydrogens is 450 g/mol. The molecule has 182 valence electrons. The lowest BCUT2D eigenvalue weighted by atomic mass is 9.99. The second kappa shape index (κ2) is 11.4. The number of aryl methyl sites for hydroxylation is 2. The van der Waals surface area contributed by atoms with Crippen molar-refractivity contribution in [2.24, 2.45) is 0 Å². The standard InChI is InChI=1S/C31H29NO4/c1-21-15-28(36-14-13-23-9-5-3-6-10-23)16-22(2)30(21)31(35)32-27-18-24(19-29(33)34)17-26(20-27)25-11-7-4-8-12-25/h3-12,15-18,20H,13-14,19H2,1-2H3,(H,32,35)(H,33,34). The highest BCUT2D eigenvalue weighted by molar-refractivity contribution is 6.06. The summed E-state index contributed by atoms with van der Waals surface area (Å²) in [6.07, 6.45) is 0.675. The largest absolute Gasteiger partial charge is 0.493 e. The Morgan fingerprint density at radius 2 is 1.42 bits per heavy atom. The molecule has 0 aliphatic heterocycles. The van der Waals surface area contributed by atoms with E-state index in [1.165, 1.54) is 5.56 Å². The first kappa shape index (κ1) is 24.7. The molecule has 4 aromatic carbocycles. The molecule has 0 spiro atoms. The van der Waals surface area contributed by atoms with Crippen LogP contribution in [-0.2, 0) is 17.6 Å². The number of rotatable bonds is 9. The van der Waals surface area contributed by atoms with Gasteiger partial charge in [0.2, 0.25) is 0 Å². The molecule has 1 amide bonds. The summed E-state index contributed by atoms with van der Waals surface area (Å²) in [5.41, 5.74) is 6.39. The van der Waals surface area contributed by atoms with Crippen molar-refractivity contribution in [3.8, 4) is 16.9 Å². The van der Waals surface area contributed by atoms with Crippen LogP contribution in [0, 0.1) is 13.8 Å². The summed E-state index contributed by atoms with van der Waals surface area (Å²) in [6, 6.07) is 29.0. The third kappa shape index (κ3) is 6.39. The number of carboxylic acids is 1. The summed E-state index contributed by atoms with van der Waals surface area (Å²) < 4.78 is 5.95. The van der Waals surface area contributed by atoms with Gasteiger partial charge in [-0.3, -0.25) is 9.59 Å². The molecule has 0 aromatic heterocycles. The number of ether oxygens (including phenoxy) is 1.